The molecule has 0 N–H and O–H groups in total. The highest BCUT2D eigenvalue weighted by Crippen LogP contribution is 2.35. The summed E-state index contributed by atoms with van der Waals surface area (Å²) in [5, 5.41) is 0. The lowest BCUT2D eigenvalue weighted by atomic mass is 10.0. The molecule has 0 spiro atoms. The molecule has 0 aromatic heterocycles. The largest absolute Gasteiger partial charge is 0.370 e. The van der Waals surface area contributed by atoms with Crippen molar-refractivity contribution in [3.8, 4) is 0 Å². The number of nitrogens with zero attached hydrogens (tertiary/aromatic N) is 1. The molecule has 1 aromatic carbocycles. The van der Waals surface area contributed by atoms with Gasteiger partial charge in [-0.3, -0.25) is 4.79 Å². The van der Waals surface area contributed by atoms with Crippen molar-refractivity contribution in [1.29, 1.82) is 0 Å². The van der Waals surface area contributed by atoms with Crippen LogP contribution < -0.4 is 4.90 Å². The summed E-state index contributed by atoms with van der Waals surface area (Å²) < 4.78 is 0. The van der Waals surface area contributed by atoms with Crippen LogP contribution in [0.25, 0.3) is 0 Å². The highest BCUT2D eigenvalue weighted by Gasteiger charge is 2.26. The lowest BCUT2D eigenvalue weighted by molar-refractivity contribution is -0.116. The predicted octanol–water partition coefficient (Wildman–Crippen LogP) is 3.37. The van der Waals surface area contributed by atoms with Crippen molar-refractivity contribution >= 4 is 11.5 Å². The smallest absolute Gasteiger partial charge is 0.134 e. The first-order valence-electron chi connectivity index (χ1n) is 7.59. The molecular weight excluding hydrogens is 234 g/mol. The average molecular weight is 257 g/mol. The third-order valence-electron chi connectivity index (χ3n) is 4.56. The van der Waals surface area contributed by atoms with Gasteiger partial charge in [0.15, 0.2) is 0 Å². The van der Waals surface area contributed by atoms with Gasteiger partial charge in [0.25, 0.3) is 0 Å². The molecule has 2 nitrogen and oxygen atoms in total. The number of hydrogen-bond donors (Lipinski definition) is 0. The van der Waals surface area contributed by atoms with Crippen molar-refractivity contribution in [2.24, 2.45) is 5.92 Å². The molecule has 3 rings (SSSR count). The van der Waals surface area contributed by atoms with Crippen molar-refractivity contribution in [2.75, 3.05) is 18.0 Å². The Bertz CT molecular complexity index is 474. The number of ketones is 1. The molecule has 0 saturated heterocycles. The van der Waals surface area contributed by atoms with Crippen molar-refractivity contribution in [2.45, 2.75) is 45.4 Å². The standard InChI is InChI=1S/C17H23NO/c1-13(19)11-16-8-4-7-15-9-10-18(17(15)16)12-14-5-2-3-6-14/h4,7-8,14H,2-3,5-6,9-12H2,1H3. The van der Waals surface area contributed by atoms with E-state index in [0.29, 0.717) is 6.42 Å². The first kappa shape index (κ1) is 12.7. The van der Waals surface area contributed by atoms with Gasteiger partial charge < -0.3 is 4.90 Å². The van der Waals surface area contributed by atoms with Crippen LogP contribution in [0.2, 0.25) is 0 Å². The number of benzene rings is 1. The summed E-state index contributed by atoms with van der Waals surface area (Å²) in [6.45, 7) is 4.03. The lowest BCUT2D eigenvalue weighted by Crippen LogP contribution is -2.27. The Labute approximate surface area is 115 Å². The maximum Gasteiger partial charge on any atom is 0.134 e. The summed E-state index contributed by atoms with van der Waals surface area (Å²) in [5.74, 6) is 1.14. The second-order valence-corrected chi connectivity index (χ2v) is 6.15. The Morgan fingerprint density at radius 1 is 1.32 bits per heavy atom. The molecule has 2 aliphatic rings. The van der Waals surface area contributed by atoms with E-state index in [9.17, 15) is 4.79 Å². The monoisotopic (exact) mass is 257 g/mol. The van der Waals surface area contributed by atoms with Crippen LogP contribution >= 0.6 is 0 Å². The van der Waals surface area contributed by atoms with Gasteiger partial charge in [0, 0.05) is 25.2 Å². The number of para-hydroxylation sites is 1. The summed E-state index contributed by atoms with van der Waals surface area (Å²) in [7, 11) is 0. The SMILES string of the molecule is CC(=O)Cc1cccc2c1N(CC1CCCC1)CC2. The zero-order valence-electron chi connectivity index (χ0n) is 11.8. The Balaban J connectivity index is 1.82. The third kappa shape index (κ3) is 2.68. The van der Waals surface area contributed by atoms with Gasteiger partial charge in [0.1, 0.15) is 5.78 Å². The molecule has 1 saturated carbocycles. The van der Waals surface area contributed by atoms with Crippen molar-refractivity contribution in [3.05, 3.63) is 29.3 Å². The van der Waals surface area contributed by atoms with Crippen LogP contribution in [0.1, 0.15) is 43.7 Å². The lowest BCUT2D eigenvalue weighted by Gasteiger charge is -2.25. The maximum atomic E-state index is 11.4. The summed E-state index contributed by atoms with van der Waals surface area (Å²) in [6, 6.07) is 6.47. The van der Waals surface area contributed by atoms with Gasteiger partial charge >= 0.3 is 0 Å². The van der Waals surface area contributed by atoms with Crippen LogP contribution in [-0.4, -0.2) is 18.9 Å². The first-order chi connectivity index (χ1) is 9.24. The Morgan fingerprint density at radius 3 is 2.84 bits per heavy atom. The molecular formula is C17H23NO. The van der Waals surface area contributed by atoms with E-state index in [2.05, 4.69) is 23.1 Å². The van der Waals surface area contributed by atoms with E-state index in [1.54, 1.807) is 6.92 Å². The quantitative estimate of drug-likeness (QED) is 0.824. The molecule has 1 fully saturated rings. The van der Waals surface area contributed by atoms with Crippen LogP contribution in [0.15, 0.2) is 18.2 Å². The summed E-state index contributed by atoms with van der Waals surface area (Å²) in [4.78, 5) is 14.0. The molecule has 1 aliphatic heterocycles. The van der Waals surface area contributed by atoms with Gasteiger partial charge in [0.05, 0.1) is 0 Å². The molecule has 102 valence electrons. The molecule has 1 aromatic rings. The molecule has 0 unspecified atom stereocenters. The second-order valence-electron chi connectivity index (χ2n) is 6.15. The minimum Gasteiger partial charge on any atom is -0.370 e. The zero-order valence-corrected chi connectivity index (χ0v) is 11.8. The Hall–Kier alpha value is -1.31. The predicted molar refractivity (Wildman–Crippen MR) is 78.7 cm³/mol. The van der Waals surface area contributed by atoms with E-state index in [0.717, 1.165) is 18.9 Å². The van der Waals surface area contributed by atoms with Gasteiger partial charge in [-0.05, 0) is 43.2 Å². The zero-order chi connectivity index (χ0) is 13.2. The van der Waals surface area contributed by atoms with E-state index in [1.807, 2.05) is 0 Å². The van der Waals surface area contributed by atoms with Crippen LogP contribution in [0.3, 0.4) is 0 Å². The molecule has 0 amide bonds. The van der Waals surface area contributed by atoms with E-state index >= 15 is 0 Å². The van der Waals surface area contributed by atoms with E-state index in [1.165, 1.54) is 49.0 Å². The Kier molecular flexibility index (Phi) is 3.58. The van der Waals surface area contributed by atoms with Gasteiger partial charge in [0.2, 0.25) is 0 Å². The first-order valence-corrected chi connectivity index (χ1v) is 7.59. The van der Waals surface area contributed by atoms with Gasteiger partial charge in [-0.2, -0.15) is 0 Å². The molecule has 1 aliphatic carbocycles. The Morgan fingerprint density at radius 2 is 2.11 bits per heavy atom. The van der Waals surface area contributed by atoms with Crippen molar-refractivity contribution in [3.63, 3.8) is 0 Å². The summed E-state index contributed by atoms with van der Waals surface area (Å²) in [5.41, 5.74) is 4.06. The third-order valence-corrected chi connectivity index (χ3v) is 4.56. The fourth-order valence-corrected chi connectivity index (χ4v) is 3.72. The minimum absolute atomic E-state index is 0.265. The van der Waals surface area contributed by atoms with Gasteiger partial charge in [-0.1, -0.05) is 31.0 Å². The fourth-order valence-electron chi connectivity index (χ4n) is 3.72. The number of carbonyl (C=O) groups is 1. The van der Waals surface area contributed by atoms with E-state index in [4.69, 9.17) is 0 Å². The number of fused-ring (bicyclic) bond motifs is 1. The number of hydrogen-bond acceptors (Lipinski definition) is 2. The number of Topliss-reactive ketones (excluding diaryl/α,β-unsaturated/α-hetero) is 1. The highest BCUT2D eigenvalue weighted by atomic mass is 16.1. The van der Waals surface area contributed by atoms with Gasteiger partial charge in [-0.15, -0.1) is 0 Å². The van der Waals surface area contributed by atoms with Crippen molar-refractivity contribution < 1.29 is 4.79 Å². The molecule has 2 heteroatoms. The molecule has 0 radical (unpaired) electrons. The second kappa shape index (κ2) is 5.36. The molecule has 19 heavy (non-hydrogen) atoms. The van der Waals surface area contributed by atoms with Crippen LogP contribution in [0.4, 0.5) is 5.69 Å². The van der Waals surface area contributed by atoms with Crippen molar-refractivity contribution in [1.82, 2.24) is 0 Å². The van der Waals surface area contributed by atoms with Crippen LogP contribution in [0.5, 0.6) is 0 Å². The van der Waals surface area contributed by atoms with Crippen LogP contribution in [0, 0.1) is 5.92 Å². The minimum atomic E-state index is 0.265. The van der Waals surface area contributed by atoms with E-state index in [-0.39, 0.29) is 5.78 Å². The fraction of sp³-hybridized carbons (Fsp3) is 0.588. The molecule has 1 heterocycles. The number of carbonyl (C=O) groups excluding carboxylic acids is 1. The molecule has 0 atom stereocenters. The highest BCUT2D eigenvalue weighted by molar-refractivity contribution is 5.81. The summed E-state index contributed by atoms with van der Waals surface area (Å²) in [6.07, 6.45) is 7.32. The summed E-state index contributed by atoms with van der Waals surface area (Å²) >= 11 is 0. The van der Waals surface area contributed by atoms with Crippen LogP contribution in [-0.2, 0) is 17.6 Å². The number of anilines is 1. The average Bonchev–Trinajstić information content (AvgIpc) is 3.00. The van der Waals surface area contributed by atoms with E-state index < -0.39 is 0 Å². The topological polar surface area (TPSA) is 20.3 Å². The maximum absolute atomic E-state index is 11.4. The van der Waals surface area contributed by atoms with Gasteiger partial charge in [-0.25, -0.2) is 0 Å². The normalized spacial score (nSPS) is 18.9. The number of rotatable bonds is 4. The molecule has 0 bridgehead atoms.